The minimum absolute atomic E-state index is 0.115. The minimum Gasteiger partial charge on any atom is -0.377 e. The van der Waals surface area contributed by atoms with Gasteiger partial charge < -0.3 is 4.74 Å². The summed E-state index contributed by atoms with van der Waals surface area (Å²) >= 11 is 0. The molecule has 0 aromatic carbocycles. The van der Waals surface area contributed by atoms with Crippen molar-refractivity contribution in [3.8, 4) is 0 Å². The maximum atomic E-state index is 5.87. The fourth-order valence-electron chi connectivity index (χ4n) is 1.74. The summed E-state index contributed by atoms with van der Waals surface area (Å²) in [5, 5.41) is 1.76. The van der Waals surface area contributed by atoms with Crippen molar-refractivity contribution >= 4 is 0 Å². The molecule has 3 heteroatoms. The molecule has 0 aromatic heterocycles. The second-order valence-corrected chi connectivity index (χ2v) is 4.03. The third-order valence-electron chi connectivity index (χ3n) is 3.73. The summed E-state index contributed by atoms with van der Waals surface area (Å²) in [6.45, 7) is 8.51. The SMILES string of the molecule is CCC(C)(OC)C(C)(CC)N(C)N. The van der Waals surface area contributed by atoms with E-state index in [1.165, 1.54) is 0 Å². The summed E-state index contributed by atoms with van der Waals surface area (Å²) in [5.74, 6) is 5.87. The van der Waals surface area contributed by atoms with Crippen molar-refractivity contribution in [3.63, 3.8) is 0 Å². The molecule has 0 aliphatic rings. The highest BCUT2D eigenvalue weighted by atomic mass is 16.5. The van der Waals surface area contributed by atoms with Crippen LogP contribution in [-0.4, -0.2) is 30.3 Å². The standard InChI is InChI=1S/C10H24N2O/c1-7-9(3,12(5)11)10(4,8-2)13-6/h7-8,11H2,1-6H3. The van der Waals surface area contributed by atoms with Gasteiger partial charge in [0.25, 0.3) is 0 Å². The van der Waals surface area contributed by atoms with Gasteiger partial charge in [-0.05, 0) is 26.7 Å². The van der Waals surface area contributed by atoms with Crippen molar-refractivity contribution in [2.45, 2.75) is 51.7 Å². The average molecular weight is 188 g/mol. The number of likely N-dealkylation sites (N-methyl/N-ethyl adjacent to an activating group) is 1. The quantitative estimate of drug-likeness (QED) is 0.528. The Morgan fingerprint density at radius 1 is 1.23 bits per heavy atom. The Morgan fingerprint density at radius 3 is 1.77 bits per heavy atom. The highest BCUT2D eigenvalue weighted by Crippen LogP contribution is 2.34. The lowest BCUT2D eigenvalue weighted by molar-refractivity contribution is -0.116. The van der Waals surface area contributed by atoms with Gasteiger partial charge in [-0.2, -0.15) is 0 Å². The first kappa shape index (κ1) is 12.9. The molecule has 0 aliphatic heterocycles. The lowest BCUT2D eigenvalue weighted by atomic mass is 9.78. The molecule has 0 saturated carbocycles. The zero-order valence-electron chi connectivity index (χ0n) is 9.85. The first-order valence-corrected chi connectivity index (χ1v) is 4.91. The number of ether oxygens (including phenoxy) is 1. The van der Waals surface area contributed by atoms with Crippen LogP contribution in [0.2, 0.25) is 0 Å². The fourth-order valence-corrected chi connectivity index (χ4v) is 1.74. The molecular formula is C10H24N2O. The first-order valence-electron chi connectivity index (χ1n) is 4.91. The van der Waals surface area contributed by atoms with Crippen molar-refractivity contribution in [2.75, 3.05) is 14.2 Å². The number of rotatable bonds is 5. The van der Waals surface area contributed by atoms with Crippen LogP contribution in [0.1, 0.15) is 40.5 Å². The molecule has 13 heavy (non-hydrogen) atoms. The van der Waals surface area contributed by atoms with Gasteiger partial charge in [-0.1, -0.05) is 13.8 Å². The number of hydrogen-bond donors (Lipinski definition) is 1. The molecule has 0 rings (SSSR count). The molecule has 2 atom stereocenters. The summed E-state index contributed by atoms with van der Waals surface area (Å²) in [5.41, 5.74) is -0.304. The molecule has 0 heterocycles. The Labute approximate surface area is 82.2 Å². The van der Waals surface area contributed by atoms with Crippen molar-refractivity contribution in [1.29, 1.82) is 0 Å². The molecule has 0 radical (unpaired) electrons. The van der Waals surface area contributed by atoms with Gasteiger partial charge in [0.05, 0.1) is 11.1 Å². The Bertz CT molecular complexity index is 155. The molecule has 80 valence electrons. The Hall–Kier alpha value is -0.120. The fraction of sp³-hybridized carbons (Fsp3) is 1.00. The van der Waals surface area contributed by atoms with Gasteiger partial charge in [-0.15, -0.1) is 0 Å². The monoisotopic (exact) mass is 188 g/mol. The van der Waals surface area contributed by atoms with Crippen LogP contribution in [0.15, 0.2) is 0 Å². The molecule has 0 saturated heterocycles. The number of hydrogen-bond acceptors (Lipinski definition) is 3. The lowest BCUT2D eigenvalue weighted by Gasteiger charge is -2.48. The maximum absolute atomic E-state index is 5.87. The molecule has 0 amide bonds. The smallest absolute Gasteiger partial charge is 0.0841 e. The number of nitrogens with zero attached hydrogens (tertiary/aromatic N) is 1. The zero-order chi connectivity index (χ0) is 10.7. The first-order chi connectivity index (χ1) is 5.88. The molecular weight excluding hydrogens is 164 g/mol. The molecule has 0 spiro atoms. The normalized spacial score (nSPS) is 21.2. The number of hydrazine groups is 1. The van der Waals surface area contributed by atoms with Crippen LogP contribution in [0.3, 0.4) is 0 Å². The topological polar surface area (TPSA) is 38.5 Å². The van der Waals surface area contributed by atoms with Gasteiger partial charge in [0.2, 0.25) is 0 Å². The van der Waals surface area contributed by atoms with Crippen molar-refractivity contribution < 1.29 is 4.74 Å². The second kappa shape index (κ2) is 4.40. The van der Waals surface area contributed by atoms with Crippen LogP contribution in [0.4, 0.5) is 0 Å². The minimum atomic E-state index is -0.189. The van der Waals surface area contributed by atoms with E-state index in [9.17, 15) is 0 Å². The van der Waals surface area contributed by atoms with Gasteiger partial charge in [-0.25, -0.2) is 5.01 Å². The van der Waals surface area contributed by atoms with Crippen LogP contribution in [0.5, 0.6) is 0 Å². The Kier molecular flexibility index (Phi) is 4.36. The Morgan fingerprint density at radius 2 is 1.69 bits per heavy atom. The molecule has 0 aliphatic carbocycles. The van der Waals surface area contributed by atoms with Gasteiger partial charge in [0.1, 0.15) is 0 Å². The maximum Gasteiger partial charge on any atom is 0.0841 e. The van der Waals surface area contributed by atoms with Crippen molar-refractivity contribution in [2.24, 2.45) is 5.84 Å². The molecule has 0 bridgehead atoms. The molecule has 0 aromatic rings. The summed E-state index contributed by atoms with van der Waals surface area (Å²) in [6, 6.07) is 0. The summed E-state index contributed by atoms with van der Waals surface area (Å²) in [7, 11) is 3.65. The van der Waals surface area contributed by atoms with Crippen molar-refractivity contribution in [1.82, 2.24) is 5.01 Å². The molecule has 2 N–H and O–H groups in total. The highest BCUT2D eigenvalue weighted by Gasteiger charge is 2.44. The third-order valence-corrected chi connectivity index (χ3v) is 3.73. The Balaban J connectivity index is 4.91. The van der Waals surface area contributed by atoms with Crippen LogP contribution >= 0.6 is 0 Å². The van der Waals surface area contributed by atoms with Crippen molar-refractivity contribution in [3.05, 3.63) is 0 Å². The van der Waals surface area contributed by atoms with E-state index in [0.29, 0.717) is 0 Å². The van der Waals surface area contributed by atoms with Gasteiger partial charge in [-0.3, -0.25) is 5.84 Å². The second-order valence-electron chi connectivity index (χ2n) is 4.03. The van der Waals surface area contributed by atoms with E-state index in [2.05, 4.69) is 27.7 Å². The van der Waals surface area contributed by atoms with Crippen LogP contribution < -0.4 is 5.84 Å². The summed E-state index contributed by atoms with van der Waals surface area (Å²) in [6.07, 6.45) is 1.92. The third kappa shape index (κ3) is 2.03. The van der Waals surface area contributed by atoms with Crippen LogP contribution in [-0.2, 0) is 4.74 Å². The summed E-state index contributed by atoms with van der Waals surface area (Å²) in [4.78, 5) is 0. The van der Waals surface area contributed by atoms with Gasteiger partial charge in [0, 0.05) is 14.2 Å². The van der Waals surface area contributed by atoms with Crippen LogP contribution in [0.25, 0.3) is 0 Å². The molecule has 0 fully saturated rings. The van der Waals surface area contributed by atoms with E-state index >= 15 is 0 Å². The average Bonchev–Trinajstić information content (AvgIpc) is 2.14. The van der Waals surface area contributed by atoms with E-state index in [0.717, 1.165) is 12.8 Å². The van der Waals surface area contributed by atoms with Gasteiger partial charge >= 0.3 is 0 Å². The lowest BCUT2D eigenvalue weighted by Crippen LogP contribution is -2.62. The van der Waals surface area contributed by atoms with E-state index in [1.54, 1.807) is 12.1 Å². The number of nitrogens with two attached hydrogens (primary N) is 1. The van der Waals surface area contributed by atoms with Gasteiger partial charge in [0.15, 0.2) is 0 Å². The predicted molar refractivity (Wildman–Crippen MR) is 56.4 cm³/mol. The van der Waals surface area contributed by atoms with E-state index < -0.39 is 0 Å². The van der Waals surface area contributed by atoms with E-state index in [4.69, 9.17) is 10.6 Å². The zero-order valence-corrected chi connectivity index (χ0v) is 9.85. The summed E-state index contributed by atoms with van der Waals surface area (Å²) < 4.78 is 5.58. The number of methoxy groups -OCH3 is 1. The largest absolute Gasteiger partial charge is 0.377 e. The van der Waals surface area contributed by atoms with Crippen LogP contribution in [0, 0.1) is 0 Å². The predicted octanol–water partition coefficient (Wildman–Crippen LogP) is 1.78. The highest BCUT2D eigenvalue weighted by molar-refractivity contribution is 4.99. The molecule has 3 nitrogen and oxygen atoms in total. The van der Waals surface area contributed by atoms with E-state index in [1.807, 2.05) is 7.05 Å². The van der Waals surface area contributed by atoms with E-state index in [-0.39, 0.29) is 11.1 Å². The molecule has 2 unspecified atom stereocenters.